The highest BCUT2D eigenvalue weighted by molar-refractivity contribution is 7.26. The van der Waals surface area contributed by atoms with Crippen molar-refractivity contribution in [1.82, 2.24) is 0 Å². The molecule has 0 spiro atoms. The summed E-state index contributed by atoms with van der Waals surface area (Å²) in [5.74, 6) is 0. The van der Waals surface area contributed by atoms with Gasteiger partial charge in [0, 0.05) is 44.5 Å². The van der Waals surface area contributed by atoms with Crippen LogP contribution in [0.2, 0.25) is 0 Å². The Morgan fingerprint density at radius 2 is 0.947 bits per heavy atom. The summed E-state index contributed by atoms with van der Waals surface area (Å²) in [6.45, 7) is 13.8. The van der Waals surface area contributed by atoms with E-state index in [1.807, 2.05) is 11.3 Å². The lowest BCUT2D eigenvalue weighted by molar-refractivity contribution is 0.590. The number of benzene rings is 7. The summed E-state index contributed by atoms with van der Waals surface area (Å²) < 4.78 is 1.31. The number of hydrogen-bond donors (Lipinski definition) is 0. The van der Waals surface area contributed by atoms with Crippen molar-refractivity contribution in [3.05, 3.63) is 181 Å². The molecule has 57 heavy (non-hydrogen) atoms. The highest BCUT2D eigenvalue weighted by Gasteiger charge is 2.45. The van der Waals surface area contributed by atoms with Crippen LogP contribution in [0.4, 0.5) is 50.5 Å². The average molecular weight is 756 g/mol. The van der Waals surface area contributed by atoms with E-state index in [9.17, 15) is 0 Å². The van der Waals surface area contributed by atoms with E-state index in [1.54, 1.807) is 0 Å². The molecule has 0 bridgehead atoms. The molecule has 1 aromatic heterocycles. The number of nitrogens with zero attached hydrogens (tertiary/aromatic N) is 3. The van der Waals surface area contributed by atoms with E-state index in [-0.39, 0.29) is 17.5 Å². The number of para-hydroxylation sites is 3. The van der Waals surface area contributed by atoms with Crippen LogP contribution in [0.15, 0.2) is 170 Å². The van der Waals surface area contributed by atoms with Crippen molar-refractivity contribution < 1.29 is 0 Å². The smallest absolute Gasteiger partial charge is 0.254 e. The lowest BCUT2D eigenvalue weighted by Gasteiger charge is -2.44. The molecule has 0 saturated carbocycles. The average Bonchev–Trinajstić information content (AvgIpc) is 3.60. The van der Waals surface area contributed by atoms with Crippen LogP contribution in [-0.4, -0.2) is 6.71 Å². The van der Waals surface area contributed by atoms with Crippen LogP contribution in [-0.2, 0) is 10.8 Å². The maximum atomic E-state index is 2.56. The second-order valence-corrected chi connectivity index (χ2v) is 18.5. The van der Waals surface area contributed by atoms with E-state index in [4.69, 9.17) is 0 Å². The summed E-state index contributed by atoms with van der Waals surface area (Å²) in [6, 6.07) is 63.2. The fourth-order valence-corrected chi connectivity index (χ4v) is 10.2. The van der Waals surface area contributed by atoms with E-state index in [2.05, 4.69) is 226 Å². The summed E-state index contributed by atoms with van der Waals surface area (Å²) in [6.07, 6.45) is 0. The molecule has 0 aliphatic carbocycles. The predicted octanol–water partition coefficient (Wildman–Crippen LogP) is 13.0. The molecular weight excluding hydrogens is 709 g/mol. The van der Waals surface area contributed by atoms with Gasteiger partial charge in [0.25, 0.3) is 6.71 Å². The Kier molecular flexibility index (Phi) is 8.25. The highest BCUT2D eigenvalue weighted by Crippen LogP contribution is 2.50. The van der Waals surface area contributed by atoms with E-state index in [0.29, 0.717) is 0 Å². The monoisotopic (exact) mass is 755 g/mol. The molecular formula is C52H46BN3S. The molecule has 2 aliphatic heterocycles. The molecule has 3 nitrogen and oxygen atoms in total. The largest absolute Gasteiger partial charge is 0.311 e. The van der Waals surface area contributed by atoms with Gasteiger partial charge in [0.1, 0.15) is 0 Å². The van der Waals surface area contributed by atoms with Crippen LogP contribution >= 0.6 is 11.3 Å². The van der Waals surface area contributed by atoms with E-state index >= 15 is 0 Å². The van der Waals surface area contributed by atoms with Gasteiger partial charge >= 0.3 is 0 Å². The van der Waals surface area contributed by atoms with Gasteiger partial charge in [-0.15, -0.1) is 11.3 Å². The quantitative estimate of drug-likeness (QED) is 0.162. The molecule has 0 radical (unpaired) electrons. The van der Waals surface area contributed by atoms with Gasteiger partial charge in [-0.2, -0.15) is 0 Å². The van der Waals surface area contributed by atoms with Gasteiger partial charge in [0.15, 0.2) is 0 Å². The third kappa shape index (κ3) is 5.87. The number of anilines is 9. The Hall–Kier alpha value is -6.04. The predicted molar refractivity (Wildman–Crippen MR) is 248 cm³/mol. The Morgan fingerprint density at radius 3 is 1.53 bits per heavy atom. The second-order valence-electron chi connectivity index (χ2n) is 17.5. The van der Waals surface area contributed by atoms with Crippen molar-refractivity contribution in [1.29, 1.82) is 0 Å². The maximum Gasteiger partial charge on any atom is 0.254 e. The van der Waals surface area contributed by atoms with E-state index in [0.717, 1.165) is 22.7 Å². The molecule has 0 atom stereocenters. The molecule has 278 valence electrons. The lowest BCUT2D eigenvalue weighted by Crippen LogP contribution is -2.61. The number of fused-ring (bicyclic) bond motifs is 6. The molecule has 5 heteroatoms. The molecule has 7 aromatic carbocycles. The van der Waals surface area contributed by atoms with Crippen molar-refractivity contribution in [2.24, 2.45) is 0 Å². The summed E-state index contributed by atoms with van der Waals surface area (Å²) in [5, 5.41) is 2.61. The Balaban J connectivity index is 1.32. The van der Waals surface area contributed by atoms with Crippen LogP contribution < -0.4 is 31.1 Å². The Labute approximate surface area is 341 Å². The molecule has 10 rings (SSSR count). The summed E-state index contributed by atoms with van der Waals surface area (Å²) in [7, 11) is 0. The molecule has 8 aromatic rings. The number of hydrogen-bond acceptors (Lipinski definition) is 4. The van der Waals surface area contributed by atoms with Crippen LogP contribution in [0.5, 0.6) is 0 Å². The number of rotatable bonds is 5. The normalized spacial score (nSPS) is 13.3. The van der Waals surface area contributed by atoms with Crippen LogP contribution in [0, 0.1) is 0 Å². The van der Waals surface area contributed by atoms with Crippen molar-refractivity contribution in [3.8, 4) is 0 Å². The van der Waals surface area contributed by atoms with Crippen LogP contribution in [0.3, 0.4) is 0 Å². The second kappa shape index (κ2) is 13.3. The first-order valence-electron chi connectivity index (χ1n) is 20.1. The summed E-state index contributed by atoms with van der Waals surface area (Å²) in [5.41, 5.74) is 16.1. The minimum absolute atomic E-state index is 0.0449. The molecule has 0 saturated heterocycles. The molecule has 0 N–H and O–H groups in total. The van der Waals surface area contributed by atoms with E-state index < -0.39 is 0 Å². The van der Waals surface area contributed by atoms with Gasteiger partial charge in [-0.3, -0.25) is 0 Å². The van der Waals surface area contributed by atoms with Crippen molar-refractivity contribution >= 4 is 95.0 Å². The third-order valence-electron chi connectivity index (χ3n) is 11.8. The van der Waals surface area contributed by atoms with Gasteiger partial charge in [0.05, 0.1) is 10.7 Å². The lowest BCUT2D eigenvalue weighted by atomic mass is 9.33. The number of thiophene rings is 1. The highest BCUT2D eigenvalue weighted by atomic mass is 32.1. The zero-order valence-corrected chi connectivity index (χ0v) is 34.3. The first kappa shape index (κ1) is 35.4. The zero-order chi connectivity index (χ0) is 39.1. The minimum Gasteiger partial charge on any atom is -0.311 e. The van der Waals surface area contributed by atoms with Crippen molar-refractivity contribution in [2.45, 2.75) is 52.4 Å². The topological polar surface area (TPSA) is 9.72 Å². The molecule has 3 heterocycles. The first-order chi connectivity index (χ1) is 27.6. The maximum absolute atomic E-state index is 2.56. The van der Waals surface area contributed by atoms with Crippen molar-refractivity contribution in [3.63, 3.8) is 0 Å². The zero-order valence-electron chi connectivity index (χ0n) is 33.5. The molecule has 0 unspecified atom stereocenters. The molecule has 2 aliphatic rings. The standard InChI is InChI=1S/C52H46BN3S/c1-51(2,3)35-25-29-39(30-26-35)55-44-23-15-14-22-43(44)53-48-42-21-13-16-24-47(42)57-50(48)56(40-31-27-36(28-32-40)52(4,5)6)46-34-41(33-45(55)49(46)53)54(37-17-9-7-10-18-37)38-19-11-8-12-20-38/h7-34H,1-6H3. The van der Waals surface area contributed by atoms with Gasteiger partial charge in [-0.05, 0) is 117 Å². The minimum atomic E-state index is 0.0449. The van der Waals surface area contributed by atoms with E-state index in [1.165, 1.54) is 65.4 Å². The third-order valence-corrected chi connectivity index (χ3v) is 12.9. The Bertz CT molecular complexity index is 2720. The first-order valence-corrected chi connectivity index (χ1v) is 20.9. The van der Waals surface area contributed by atoms with Crippen LogP contribution in [0.25, 0.3) is 10.1 Å². The van der Waals surface area contributed by atoms with Gasteiger partial charge in [0.2, 0.25) is 0 Å². The van der Waals surface area contributed by atoms with Gasteiger partial charge < -0.3 is 14.7 Å². The fraction of sp³-hybridized carbons (Fsp3) is 0.154. The van der Waals surface area contributed by atoms with Crippen molar-refractivity contribution in [2.75, 3.05) is 14.7 Å². The Morgan fingerprint density at radius 1 is 0.456 bits per heavy atom. The molecule has 0 amide bonds. The molecule has 0 fully saturated rings. The summed E-state index contributed by atoms with van der Waals surface area (Å²) in [4.78, 5) is 7.50. The fourth-order valence-electron chi connectivity index (χ4n) is 8.89. The summed E-state index contributed by atoms with van der Waals surface area (Å²) >= 11 is 1.91. The van der Waals surface area contributed by atoms with Gasteiger partial charge in [-0.1, -0.05) is 139 Å². The SMILES string of the molecule is CC(C)(C)c1ccc(N2c3ccccc3B3c4c2cc(N(c2ccccc2)c2ccccc2)cc4N(c2ccc(C(C)(C)C)cc2)c2sc4ccccc4c23)cc1. The van der Waals surface area contributed by atoms with Crippen LogP contribution in [0.1, 0.15) is 52.7 Å². The van der Waals surface area contributed by atoms with Gasteiger partial charge in [-0.25, -0.2) is 0 Å².